The van der Waals surface area contributed by atoms with Crippen molar-refractivity contribution in [2.45, 2.75) is 39.7 Å². The highest BCUT2D eigenvalue weighted by molar-refractivity contribution is 5.89. The van der Waals surface area contributed by atoms with Gasteiger partial charge in [-0.3, -0.25) is 0 Å². The van der Waals surface area contributed by atoms with Crippen molar-refractivity contribution in [2.75, 3.05) is 5.73 Å². The van der Waals surface area contributed by atoms with Crippen molar-refractivity contribution in [1.29, 1.82) is 0 Å². The molecule has 0 spiro atoms. The molecule has 3 N–H and O–H groups in total. The second kappa shape index (κ2) is 3.92. The number of carbonyl (C=O) groups is 1. The third-order valence-corrected chi connectivity index (χ3v) is 1.74. The van der Waals surface area contributed by atoms with Crippen LogP contribution in [0.5, 0.6) is 0 Å². The Balaban J connectivity index is 2.91. The number of imidazole rings is 1. The summed E-state index contributed by atoms with van der Waals surface area (Å²) in [6, 6.07) is 0. The molecule has 0 unspecified atom stereocenters. The highest BCUT2D eigenvalue weighted by Crippen LogP contribution is 2.15. The van der Waals surface area contributed by atoms with Crippen molar-refractivity contribution < 1.29 is 9.53 Å². The number of hydrogen-bond acceptors (Lipinski definition) is 4. The van der Waals surface area contributed by atoms with E-state index >= 15 is 0 Å². The second-order valence-electron chi connectivity index (χ2n) is 4.30. The number of carbonyl (C=O) groups excluding carboxylic acids is 1. The number of nitrogens with two attached hydrogens (primary N) is 1. The van der Waals surface area contributed by atoms with Crippen LogP contribution in [0.25, 0.3) is 0 Å². The van der Waals surface area contributed by atoms with Crippen LogP contribution in [0.1, 0.15) is 43.9 Å². The van der Waals surface area contributed by atoms with Gasteiger partial charge in [0.2, 0.25) is 0 Å². The quantitative estimate of drug-likeness (QED) is 0.726. The number of anilines is 1. The number of aromatic nitrogens is 2. The molecule has 0 fully saturated rings. The van der Waals surface area contributed by atoms with E-state index in [1.54, 1.807) is 0 Å². The summed E-state index contributed by atoms with van der Waals surface area (Å²) in [5.74, 6) is -0.194. The largest absolute Gasteiger partial charge is 0.455 e. The SMILES string of the molecule is CCc1[nH]c(N)nc1C(=O)OC(C)(C)C. The summed E-state index contributed by atoms with van der Waals surface area (Å²) < 4.78 is 5.20. The van der Waals surface area contributed by atoms with E-state index < -0.39 is 11.6 Å². The lowest BCUT2D eigenvalue weighted by molar-refractivity contribution is 0.00623. The number of nitrogen functional groups attached to an aromatic ring is 1. The number of rotatable bonds is 2. The standard InChI is InChI=1S/C10H17N3O2/c1-5-6-7(13-9(11)12-6)8(14)15-10(2,3)4/h5H2,1-4H3,(H3,11,12,13). The Morgan fingerprint density at radius 3 is 2.60 bits per heavy atom. The van der Waals surface area contributed by atoms with E-state index in [2.05, 4.69) is 9.97 Å². The predicted octanol–water partition coefficient (Wildman–Crippen LogP) is 1.51. The van der Waals surface area contributed by atoms with Crippen LogP contribution in [0, 0.1) is 0 Å². The van der Waals surface area contributed by atoms with E-state index in [-0.39, 0.29) is 11.6 Å². The molecular weight excluding hydrogens is 194 g/mol. The molecular formula is C10H17N3O2. The topological polar surface area (TPSA) is 81.0 Å². The summed E-state index contributed by atoms with van der Waals surface area (Å²) >= 11 is 0. The Morgan fingerprint density at radius 1 is 1.53 bits per heavy atom. The van der Waals surface area contributed by atoms with Crippen LogP contribution < -0.4 is 5.73 Å². The average Bonchev–Trinajstić information content (AvgIpc) is 2.43. The van der Waals surface area contributed by atoms with Gasteiger partial charge in [-0.1, -0.05) is 6.92 Å². The third kappa shape index (κ3) is 2.97. The molecule has 1 aromatic heterocycles. The van der Waals surface area contributed by atoms with Gasteiger partial charge < -0.3 is 15.5 Å². The summed E-state index contributed by atoms with van der Waals surface area (Å²) in [5, 5.41) is 0. The predicted molar refractivity (Wildman–Crippen MR) is 57.5 cm³/mol. The fourth-order valence-corrected chi connectivity index (χ4v) is 1.18. The van der Waals surface area contributed by atoms with Crippen molar-refractivity contribution in [3.63, 3.8) is 0 Å². The van der Waals surface area contributed by atoms with E-state index in [4.69, 9.17) is 10.5 Å². The maximum atomic E-state index is 11.7. The third-order valence-electron chi connectivity index (χ3n) is 1.74. The summed E-state index contributed by atoms with van der Waals surface area (Å²) in [5.41, 5.74) is 5.96. The molecule has 5 nitrogen and oxygen atoms in total. The van der Waals surface area contributed by atoms with Gasteiger partial charge in [-0.25, -0.2) is 9.78 Å². The Labute approximate surface area is 89.0 Å². The molecule has 1 heterocycles. The first-order valence-corrected chi connectivity index (χ1v) is 4.91. The van der Waals surface area contributed by atoms with Gasteiger partial charge in [0.1, 0.15) is 5.60 Å². The summed E-state index contributed by atoms with van der Waals surface area (Å²) in [4.78, 5) is 18.4. The van der Waals surface area contributed by atoms with Gasteiger partial charge in [0.05, 0.1) is 5.69 Å². The molecule has 1 rings (SSSR count). The lowest BCUT2D eigenvalue weighted by atomic mass is 10.2. The molecule has 0 aliphatic heterocycles. The lowest BCUT2D eigenvalue weighted by Gasteiger charge is -2.18. The van der Waals surface area contributed by atoms with E-state index in [0.29, 0.717) is 12.1 Å². The fraction of sp³-hybridized carbons (Fsp3) is 0.600. The number of nitrogens with one attached hydrogen (secondary N) is 1. The molecule has 0 radical (unpaired) electrons. The van der Waals surface area contributed by atoms with Crippen molar-refractivity contribution in [3.8, 4) is 0 Å². The van der Waals surface area contributed by atoms with E-state index in [9.17, 15) is 4.79 Å². The maximum absolute atomic E-state index is 11.7. The van der Waals surface area contributed by atoms with Crippen LogP contribution in [0.2, 0.25) is 0 Å². The maximum Gasteiger partial charge on any atom is 0.359 e. The first-order valence-electron chi connectivity index (χ1n) is 4.91. The van der Waals surface area contributed by atoms with Crippen LogP contribution in [0.15, 0.2) is 0 Å². The second-order valence-corrected chi connectivity index (χ2v) is 4.30. The lowest BCUT2D eigenvalue weighted by Crippen LogP contribution is -2.24. The molecule has 84 valence electrons. The first kappa shape index (κ1) is 11.6. The highest BCUT2D eigenvalue weighted by atomic mass is 16.6. The van der Waals surface area contributed by atoms with Crippen LogP contribution in [-0.4, -0.2) is 21.5 Å². The number of H-pyrrole nitrogens is 1. The first-order chi connectivity index (χ1) is 6.83. The van der Waals surface area contributed by atoms with Crippen LogP contribution in [0.3, 0.4) is 0 Å². The minimum absolute atomic E-state index is 0.243. The molecule has 0 bridgehead atoms. The Kier molecular flexibility index (Phi) is 3.02. The minimum atomic E-state index is -0.518. The minimum Gasteiger partial charge on any atom is -0.455 e. The zero-order chi connectivity index (χ0) is 11.6. The molecule has 5 heteroatoms. The van der Waals surface area contributed by atoms with Crippen molar-refractivity contribution >= 4 is 11.9 Å². The smallest absolute Gasteiger partial charge is 0.359 e. The van der Waals surface area contributed by atoms with Gasteiger partial charge >= 0.3 is 5.97 Å². The highest BCUT2D eigenvalue weighted by Gasteiger charge is 2.22. The molecule has 1 aromatic rings. The normalized spacial score (nSPS) is 11.5. The summed E-state index contributed by atoms with van der Waals surface area (Å²) in [6.45, 7) is 7.35. The molecule has 0 atom stereocenters. The molecule has 0 aliphatic rings. The van der Waals surface area contributed by atoms with Gasteiger partial charge in [-0.05, 0) is 27.2 Å². The van der Waals surface area contributed by atoms with E-state index in [1.807, 2.05) is 27.7 Å². The Morgan fingerprint density at radius 2 is 2.13 bits per heavy atom. The van der Waals surface area contributed by atoms with Crippen LogP contribution in [-0.2, 0) is 11.2 Å². The fourth-order valence-electron chi connectivity index (χ4n) is 1.18. The van der Waals surface area contributed by atoms with Crippen LogP contribution >= 0.6 is 0 Å². The number of nitrogens with zero attached hydrogens (tertiary/aromatic N) is 1. The molecule has 0 saturated heterocycles. The Hall–Kier alpha value is -1.52. The zero-order valence-electron chi connectivity index (χ0n) is 9.55. The number of aryl methyl sites for hydroxylation is 1. The van der Waals surface area contributed by atoms with Crippen molar-refractivity contribution in [2.24, 2.45) is 0 Å². The molecule has 0 saturated carbocycles. The van der Waals surface area contributed by atoms with Crippen molar-refractivity contribution in [1.82, 2.24) is 9.97 Å². The van der Waals surface area contributed by atoms with Crippen LogP contribution in [0.4, 0.5) is 5.95 Å². The number of hydrogen-bond donors (Lipinski definition) is 2. The van der Waals surface area contributed by atoms with Gasteiger partial charge in [0.15, 0.2) is 11.6 Å². The van der Waals surface area contributed by atoms with E-state index in [1.165, 1.54) is 0 Å². The number of aromatic amines is 1. The number of ether oxygens (including phenoxy) is 1. The molecule has 0 aliphatic carbocycles. The zero-order valence-corrected chi connectivity index (χ0v) is 9.55. The summed E-state index contributed by atoms with van der Waals surface area (Å²) in [6.07, 6.45) is 0.665. The summed E-state index contributed by atoms with van der Waals surface area (Å²) in [7, 11) is 0. The van der Waals surface area contributed by atoms with Gasteiger partial charge in [0.25, 0.3) is 0 Å². The van der Waals surface area contributed by atoms with Gasteiger partial charge in [-0.15, -0.1) is 0 Å². The molecule has 0 aromatic carbocycles. The molecule has 15 heavy (non-hydrogen) atoms. The van der Waals surface area contributed by atoms with Crippen molar-refractivity contribution in [3.05, 3.63) is 11.4 Å². The van der Waals surface area contributed by atoms with E-state index in [0.717, 1.165) is 0 Å². The number of esters is 1. The monoisotopic (exact) mass is 211 g/mol. The Bertz CT molecular complexity index is 363. The van der Waals surface area contributed by atoms with Gasteiger partial charge in [0, 0.05) is 0 Å². The van der Waals surface area contributed by atoms with Gasteiger partial charge in [-0.2, -0.15) is 0 Å². The average molecular weight is 211 g/mol. The molecule has 0 amide bonds.